The van der Waals surface area contributed by atoms with Crippen molar-refractivity contribution >= 4 is 21.8 Å². The van der Waals surface area contributed by atoms with E-state index in [4.69, 9.17) is 0 Å². The number of nitrogens with one attached hydrogen (secondary N) is 1. The van der Waals surface area contributed by atoms with Crippen LogP contribution in [0.2, 0.25) is 0 Å². The fourth-order valence-corrected chi connectivity index (χ4v) is 3.06. The average Bonchev–Trinajstić information content (AvgIpc) is 2.38. The minimum absolute atomic E-state index is 0.248. The Morgan fingerprint density at radius 1 is 1.35 bits per heavy atom. The van der Waals surface area contributed by atoms with Crippen LogP contribution in [0.1, 0.15) is 12.8 Å². The molecule has 1 aliphatic heterocycles. The Bertz CT molecular complexity index is 553. The fraction of sp³-hybridized carbons (Fsp3) is 0.667. The van der Waals surface area contributed by atoms with E-state index in [1.807, 2.05) is 25.1 Å². The lowest BCUT2D eigenvalue weighted by molar-refractivity contribution is 0.331. The molecule has 1 N–H and O–H groups in total. The van der Waals surface area contributed by atoms with Gasteiger partial charge in [-0.25, -0.2) is 17.7 Å². The predicted octanol–water partition coefficient (Wildman–Crippen LogP) is 0.379. The van der Waals surface area contributed by atoms with Gasteiger partial charge in [-0.1, -0.05) is 0 Å². The minimum atomic E-state index is -3.07. The first kappa shape index (κ1) is 15.0. The molecule has 0 bridgehead atoms. The summed E-state index contributed by atoms with van der Waals surface area (Å²) in [5.74, 6) is 1.44. The third-order valence-electron chi connectivity index (χ3n) is 3.32. The lowest BCUT2D eigenvalue weighted by atomic mass is 10.1. The summed E-state index contributed by atoms with van der Waals surface area (Å²) in [7, 11) is 0.718. The molecular formula is C12H21N5O2S. The highest BCUT2D eigenvalue weighted by Gasteiger charge is 2.24. The number of hydrogen-bond acceptors (Lipinski definition) is 6. The van der Waals surface area contributed by atoms with Crippen LogP contribution in [0.5, 0.6) is 0 Å². The van der Waals surface area contributed by atoms with E-state index in [1.54, 1.807) is 6.20 Å². The van der Waals surface area contributed by atoms with Crippen LogP contribution >= 0.6 is 0 Å². The van der Waals surface area contributed by atoms with Crippen molar-refractivity contribution < 1.29 is 8.42 Å². The molecule has 7 nitrogen and oxygen atoms in total. The number of piperidine rings is 1. The second kappa shape index (κ2) is 5.92. The maximum absolute atomic E-state index is 11.5. The van der Waals surface area contributed by atoms with Gasteiger partial charge in [-0.15, -0.1) is 0 Å². The molecule has 0 aliphatic carbocycles. The second-order valence-corrected chi connectivity index (χ2v) is 7.20. The van der Waals surface area contributed by atoms with Gasteiger partial charge < -0.3 is 10.2 Å². The molecule has 1 fully saturated rings. The van der Waals surface area contributed by atoms with Crippen molar-refractivity contribution in [1.29, 1.82) is 0 Å². The van der Waals surface area contributed by atoms with Crippen LogP contribution in [0.3, 0.4) is 0 Å². The maximum Gasteiger partial charge on any atom is 0.226 e. The fourth-order valence-electron chi connectivity index (χ4n) is 2.19. The summed E-state index contributed by atoms with van der Waals surface area (Å²) in [6, 6.07) is 2.08. The molecule has 0 amide bonds. The van der Waals surface area contributed by atoms with Crippen molar-refractivity contribution in [2.24, 2.45) is 0 Å². The standard InChI is InChI=1S/C12H21N5O2S/c1-16(2)12-13-7-4-11(15-12)14-10-5-8-17(9-6-10)20(3,18)19/h4,7,10H,5-6,8-9H2,1-3H3,(H,13,14,15). The van der Waals surface area contributed by atoms with Gasteiger partial charge in [-0.3, -0.25) is 0 Å². The van der Waals surface area contributed by atoms with Crippen LogP contribution in [0.4, 0.5) is 11.8 Å². The third-order valence-corrected chi connectivity index (χ3v) is 4.62. The summed E-state index contributed by atoms with van der Waals surface area (Å²) in [4.78, 5) is 10.4. The summed E-state index contributed by atoms with van der Waals surface area (Å²) in [5.41, 5.74) is 0. The number of aromatic nitrogens is 2. The van der Waals surface area contributed by atoms with Gasteiger partial charge in [0.1, 0.15) is 5.82 Å². The van der Waals surface area contributed by atoms with Crippen molar-refractivity contribution in [2.75, 3.05) is 43.7 Å². The minimum Gasteiger partial charge on any atom is -0.367 e. The summed E-state index contributed by atoms with van der Waals surface area (Å²) < 4.78 is 24.4. The molecule has 2 heterocycles. The van der Waals surface area contributed by atoms with Crippen molar-refractivity contribution in [3.63, 3.8) is 0 Å². The molecule has 2 rings (SSSR count). The van der Waals surface area contributed by atoms with E-state index in [0.717, 1.165) is 18.7 Å². The van der Waals surface area contributed by atoms with E-state index >= 15 is 0 Å². The lowest BCUT2D eigenvalue weighted by Crippen LogP contribution is -2.41. The van der Waals surface area contributed by atoms with Crippen LogP contribution < -0.4 is 10.2 Å². The zero-order chi connectivity index (χ0) is 14.8. The van der Waals surface area contributed by atoms with Crippen molar-refractivity contribution in [3.8, 4) is 0 Å². The monoisotopic (exact) mass is 299 g/mol. The number of hydrogen-bond donors (Lipinski definition) is 1. The molecule has 0 unspecified atom stereocenters. The zero-order valence-corrected chi connectivity index (χ0v) is 12.9. The van der Waals surface area contributed by atoms with Crippen LogP contribution in [-0.2, 0) is 10.0 Å². The van der Waals surface area contributed by atoms with E-state index in [-0.39, 0.29) is 6.04 Å². The molecule has 1 aromatic heterocycles. The highest BCUT2D eigenvalue weighted by Crippen LogP contribution is 2.17. The van der Waals surface area contributed by atoms with Crippen molar-refractivity contribution in [2.45, 2.75) is 18.9 Å². The Morgan fingerprint density at radius 2 is 2.00 bits per heavy atom. The molecular weight excluding hydrogens is 278 g/mol. The van der Waals surface area contributed by atoms with Crippen LogP contribution in [0.25, 0.3) is 0 Å². The first-order chi connectivity index (χ1) is 9.36. The number of anilines is 2. The molecule has 0 aromatic carbocycles. The number of sulfonamides is 1. The van der Waals surface area contributed by atoms with Crippen molar-refractivity contribution in [3.05, 3.63) is 12.3 Å². The summed E-state index contributed by atoms with van der Waals surface area (Å²) in [5, 5.41) is 3.35. The molecule has 1 aliphatic rings. The molecule has 1 saturated heterocycles. The highest BCUT2D eigenvalue weighted by molar-refractivity contribution is 7.88. The molecule has 0 atom stereocenters. The Morgan fingerprint density at radius 3 is 2.55 bits per heavy atom. The van der Waals surface area contributed by atoms with Gasteiger partial charge in [0.25, 0.3) is 0 Å². The normalized spacial score (nSPS) is 17.9. The molecule has 0 spiro atoms. The van der Waals surface area contributed by atoms with Gasteiger partial charge in [0, 0.05) is 39.4 Å². The second-order valence-electron chi connectivity index (χ2n) is 5.22. The number of nitrogens with zero attached hydrogens (tertiary/aromatic N) is 4. The van der Waals surface area contributed by atoms with E-state index in [1.165, 1.54) is 10.6 Å². The smallest absolute Gasteiger partial charge is 0.226 e. The van der Waals surface area contributed by atoms with Gasteiger partial charge in [0.2, 0.25) is 16.0 Å². The quantitative estimate of drug-likeness (QED) is 0.866. The molecule has 112 valence electrons. The molecule has 8 heteroatoms. The average molecular weight is 299 g/mol. The highest BCUT2D eigenvalue weighted by atomic mass is 32.2. The van der Waals surface area contributed by atoms with Gasteiger partial charge >= 0.3 is 0 Å². The van der Waals surface area contributed by atoms with Gasteiger partial charge in [-0.05, 0) is 18.9 Å². The summed E-state index contributed by atoms with van der Waals surface area (Å²) in [6.45, 7) is 1.12. The maximum atomic E-state index is 11.5. The first-order valence-electron chi connectivity index (χ1n) is 6.58. The van der Waals surface area contributed by atoms with E-state index in [9.17, 15) is 8.42 Å². The van der Waals surface area contributed by atoms with Crippen LogP contribution in [0, 0.1) is 0 Å². The largest absolute Gasteiger partial charge is 0.367 e. The Kier molecular flexibility index (Phi) is 4.44. The van der Waals surface area contributed by atoms with E-state index < -0.39 is 10.0 Å². The molecule has 1 aromatic rings. The topological polar surface area (TPSA) is 78.4 Å². The molecule has 20 heavy (non-hydrogen) atoms. The summed E-state index contributed by atoms with van der Waals surface area (Å²) >= 11 is 0. The Balaban J connectivity index is 1.94. The Labute approximate surface area is 120 Å². The van der Waals surface area contributed by atoms with Gasteiger partial charge in [-0.2, -0.15) is 4.98 Å². The van der Waals surface area contributed by atoms with Crippen LogP contribution in [0.15, 0.2) is 12.3 Å². The van der Waals surface area contributed by atoms with E-state index in [2.05, 4.69) is 15.3 Å². The summed E-state index contributed by atoms with van der Waals surface area (Å²) in [6.07, 6.45) is 4.55. The van der Waals surface area contributed by atoms with Gasteiger partial charge in [0.15, 0.2) is 0 Å². The predicted molar refractivity (Wildman–Crippen MR) is 79.4 cm³/mol. The van der Waals surface area contributed by atoms with Crippen molar-refractivity contribution in [1.82, 2.24) is 14.3 Å². The SMILES string of the molecule is CN(C)c1nccc(NC2CCN(S(C)(=O)=O)CC2)n1. The third kappa shape index (κ3) is 3.80. The van der Waals surface area contributed by atoms with Crippen LogP contribution in [-0.4, -0.2) is 62.2 Å². The van der Waals surface area contributed by atoms with Gasteiger partial charge in [0.05, 0.1) is 6.26 Å². The number of rotatable bonds is 4. The lowest BCUT2D eigenvalue weighted by Gasteiger charge is -2.31. The molecule has 0 radical (unpaired) electrons. The first-order valence-corrected chi connectivity index (χ1v) is 8.43. The van der Waals surface area contributed by atoms with E-state index in [0.29, 0.717) is 19.0 Å². The Hall–Kier alpha value is -1.41. The zero-order valence-electron chi connectivity index (χ0n) is 12.1. The molecule has 0 saturated carbocycles.